The Morgan fingerprint density at radius 1 is 1.14 bits per heavy atom. The summed E-state index contributed by atoms with van der Waals surface area (Å²) in [5, 5.41) is 12.6. The van der Waals surface area contributed by atoms with Gasteiger partial charge in [-0.3, -0.25) is 9.59 Å². The number of rotatable bonds is 3. The van der Waals surface area contributed by atoms with E-state index in [-0.39, 0.29) is 29.6 Å². The molecule has 0 spiro atoms. The van der Waals surface area contributed by atoms with Gasteiger partial charge in [-0.15, -0.1) is 0 Å². The molecule has 3 fully saturated rings. The first-order valence-corrected chi connectivity index (χ1v) is 8.45. The molecule has 22 heavy (non-hydrogen) atoms. The van der Waals surface area contributed by atoms with Crippen molar-refractivity contribution >= 4 is 11.9 Å². The normalized spacial score (nSPS) is 43.0. The second kappa shape index (κ2) is 5.52. The van der Waals surface area contributed by atoms with Crippen LogP contribution in [0.4, 0.5) is 0 Å². The zero-order valence-corrected chi connectivity index (χ0v) is 13.7. The Morgan fingerprint density at radius 3 is 2.36 bits per heavy atom. The number of nitrogens with one attached hydrogen (secondary N) is 1. The molecule has 5 nitrogen and oxygen atoms in total. The summed E-state index contributed by atoms with van der Waals surface area (Å²) in [6.45, 7) is 6.70. The SMILES string of the molecule is C[C@@H]1C[C@H](NC(=O)[C@H]2[C@@H](C(=O)O)[C@H]3CC[C@H]2O3)CC(C)(C)C1. The predicted molar refractivity (Wildman–Crippen MR) is 81.2 cm³/mol. The Morgan fingerprint density at radius 2 is 1.77 bits per heavy atom. The third-order valence-electron chi connectivity index (χ3n) is 5.59. The highest BCUT2D eigenvalue weighted by Crippen LogP contribution is 2.44. The largest absolute Gasteiger partial charge is 0.481 e. The minimum atomic E-state index is -0.898. The van der Waals surface area contributed by atoms with Crippen molar-refractivity contribution in [2.75, 3.05) is 0 Å². The van der Waals surface area contributed by atoms with E-state index >= 15 is 0 Å². The highest BCUT2D eigenvalue weighted by molar-refractivity contribution is 5.86. The summed E-state index contributed by atoms with van der Waals surface area (Å²) >= 11 is 0. The van der Waals surface area contributed by atoms with E-state index in [0.29, 0.717) is 5.92 Å². The number of carboxylic acid groups (broad SMARTS) is 1. The van der Waals surface area contributed by atoms with E-state index in [2.05, 4.69) is 26.1 Å². The Hall–Kier alpha value is -1.10. The fraction of sp³-hybridized carbons (Fsp3) is 0.882. The van der Waals surface area contributed by atoms with Crippen molar-refractivity contribution in [3.05, 3.63) is 0 Å². The quantitative estimate of drug-likeness (QED) is 0.838. The lowest BCUT2D eigenvalue weighted by Crippen LogP contribution is -2.49. The van der Waals surface area contributed by atoms with Crippen LogP contribution in [0.15, 0.2) is 0 Å². The number of ether oxygens (including phenoxy) is 1. The molecule has 2 saturated heterocycles. The van der Waals surface area contributed by atoms with Gasteiger partial charge >= 0.3 is 5.97 Å². The predicted octanol–water partition coefficient (Wildman–Crippen LogP) is 2.20. The van der Waals surface area contributed by atoms with Gasteiger partial charge in [0.05, 0.1) is 24.0 Å². The zero-order valence-electron chi connectivity index (χ0n) is 13.7. The second-order valence-corrected chi connectivity index (χ2v) is 8.30. The van der Waals surface area contributed by atoms with Gasteiger partial charge in [0, 0.05) is 6.04 Å². The van der Waals surface area contributed by atoms with Gasteiger partial charge in [-0.1, -0.05) is 20.8 Å². The van der Waals surface area contributed by atoms with Crippen LogP contribution in [-0.2, 0) is 14.3 Å². The number of hydrogen-bond donors (Lipinski definition) is 2. The average molecular weight is 309 g/mol. The van der Waals surface area contributed by atoms with Crippen molar-refractivity contribution in [3.8, 4) is 0 Å². The van der Waals surface area contributed by atoms with Gasteiger partial charge in [-0.2, -0.15) is 0 Å². The van der Waals surface area contributed by atoms with E-state index in [0.717, 1.165) is 25.7 Å². The van der Waals surface area contributed by atoms with Crippen molar-refractivity contribution < 1.29 is 19.4 Å². The number of carbonyl (C=O) groups excluding carboxylic acids is 1. The summed E-state index contributed by atoms with van der Waals surface area (Å²) < 4.78 is 5.69. The highest BCUT2D eigenvalue weighted by atomic mass is 16.5. The van der Waals surface area contributed by atoms with E-state index in [4.69, 9.17) is 4.74 Å². The lowest BCUT2D eigenvalue weighted by Gasteiger charge is -2.40. The molecule has 3 aliphatic rings. The molecule has 3 rings (SSSR count). The Labute approximate surface area is 131 Å². The number of carbonyl (C=O) groups is 2. The molecule has 2 heterocycles. The van der Waals surface area contributed by atoms with E-state index in [1.54, 1.807) is 0 Å². The maximum absolute atomic E-state index is 12.7. The molecule has 2 N–H and O–H groups in total. The molecule has 2 aliphatic heterocycles. The zero-order chi connectivity index (χ0) is 16.1. The van der Waals surface area contributed by atoms with Crippen LogP contribution in [0.2, 0.25) is 0 Å². The molecule has 1 amide bonds. The van der Waals surface area contributed by atoms with Crippen LogP contribution in [0.25, 0.3) is 0 Å². The molecular formula is C17H27NO4. The molecule has 124 valence electrons. The maximum Gasteiger partial charge on any atom is 0.310 e. The smallest absolute Gasteiger partial charge is 0.310 e. The monoisotopic (exact) mass is 309 g/mol. The molecule has 0 radical (unpaired) electrons. The number of aliphatic carboxylic acids is 1. The minimum absolute atomic E-state index is 0.116. The number of amides is 1. The molecule has 2 bridgehead atoms. The van der Waals surface area contributed by atoms with Crippen LogP contribution < -0.4 is 5.32 Å². The van der Waals surface area contributed by atoms with Gasteiger partial charge < -0.3 is 15.2 Å². The van der Waals surface area contributed by atoms with E-state index < -0.39 is 17.8 Å². The van der Waals surface area contributed by atoms with Crippen molar-refractivity contribution in [1.29, 1.82) is 0 Å². The molecule has 0 aromatic rings. The number of hydrogen-bond acceptors (Lipinski definition) is 3. The van der Waals surface area contributed by atoms with Gasteiger partial charge in [0.2, 0.25) is 5.91 Å². The van der Waals surface area contributed by atoms with E-state index in [1.807, 2.05) is 0 Å². The van der Waals surface area contributed by atoms with Crippen LogP contribution in [0.3, 0.4) is 0 Å². The van der Waals surface area contributed by atoms with Crippen LogP contribution >= 0.6 is 0 Å². The third kappa shape index (κ3) is 2.87. The first-order valence-electron chi connectivity index (χ1n) is 8.45. The summed E-state index contributed by atoms with van der Waals surface area (Å²) in [7, 11) is 0. The van der Waals surface area contributed by atoms with Crippen molar-refractivity contribution in [2.45, 2.75) is 71.1 Å². The fourth-order valence-corrected chi connectivity index (χ4v) is 5.08. The van der Waals surface area contributed by atoms with Crippen molar-refractivity contribution in [2.24, 2.45) is 23.2 Å². The maximum atomic E-state index is 12.7. The third-order valence-corrected chi connectivity index (χ3v) is 5.59. The lowest BCUT2D eigenvalue weighted by molar-refractivity contribution is -0.148. The minimum Gasteiger partial charge on any atom is -0.481 e. The second-order valence-electron chi connectivity index (χ2n) is 8.30. The molecule has 5 heteroatoms. The number of carboxylic acids is 1. The van der Waals surface area contributed by atoms with Crippen LogP contribution in [0, 0.1) is 23.2 Å². The standard InChI is InChI=1S/C17H27NO4/c1-9-6-10(8-17(2,3)7-9)18-15(19)13-11-4-5-12(22-11)14(13)16(20)21/h9-14H,4-8H2,1-3H3,(H,18,19)(H,20,21)/t9-,10+,11-,12-,13-,14+/m1/s1. The van der Waals surface area contributed by atoms with E-state index in [1.165, 1.54) is 6.42 Å². The summed E-state index contributed by atoms with van der Waals surface area (Å²) in [6.07, 6.45) is 4.20. The van der Waals surface area contributed by atoms with Crippen molar-refractivity contribution in [3.63, 3.8) is 0 Å². The molecule has 1 aliphatic carbocycles. The summed E-state index contributed by atoms with van der Waals surface area (Å²) in [6, 6.07) is 0.153. The first kappa shape index (κ1) is 15.8. The van der Waals surface area contributed by atoms with Gasteiger partial charge in [-0.05, 0) is 43.4 Å². The van der Waals surface area contributed by atoms with Gasteiger partial charge in [0.15, 0.2) is 0 Å². The van der Waals surface area contributed by atoms with Crippen LogP contribution in [-0.4, -0.2) is 35.2 Å². The number of fused-ring (bicyclic) bond motifs is 2. The highest BCUT2D eigenvalue weighted by Gasteiger charge is 2.55. The molecule has 0 unspecified atom stereocenters. The van der Waals surface area contributed by atoms with Gasteiger partial charge in [0.1, 0.15) is 0 Å². The summed E-state index contributed by atoms with van der Waals surface area (Å²) in [5.41, 5.74) is 0.229. The Kier molecular flexibility index (Phi) is 3.96. The lowest BCUT2D eigenvalue weighted by atomic mass is 9.70. The topological polar surface area (TPSA) is 75.6 Å². The Bertz CT molecular complexity index is 475. The Balaban J connectivity index is 1.68. The molecule has 1 saturated carbocycles. The van der Waals surface area contributed by atoms with E-state index in [9.17, 15) is 14.7 Å². The van der Waals surface area contributed by atoms with Crippen molar-refractivity contribution in [1.82, 2.24) is 5.32 Å². The molecule has 6 atom stereocenters. The van der Waals surface area contributed by atoms with Gasteiger partial charge in [0.25, 0.3) is 0 Å². The summed E-state index contributed by atoms with van der Waals surface area (Å²) in [4.78, 5) is 24.2. The fourth-order valence-electron chi connectivity index (χ4n) is 5.08. The molecular weight excluding hydrogens is 282 g/mol. The van der Waals surface area contributed by atoms with Crippen LogP contribution in [0.5, 0.6) is 0 Å². The molecule has 0 aromatic carbocycles. The molecule has 0 aromatic heterocycles. The average Bonchev–Trinajstić information content (AvgIpc) is 2.95. The first-order chi connectivity index (χ1) is 10.3. The van der Waals surface area contributed by atoms with Crippen LogP contribution in [0.1, 0.15) is 52.9 Å². The summed E-state index contributed by atoms with van der Waals surface area (Å²) in [5.74, 6) is -1.62. The van der Waals surface area contributed by atoms with Gasteiger partial charge in [-0.25, -0.2) is 0 Å².